The summed E-state index contributed by atoms with van der Waals surface area (Å²) in [7, 11) is 0. The van der Waals surface area contributed by atoms with Gasteiger partial charge in [-0.2, -0.15) is 0 Å². The molecule has 1 saturated carbocycles. The van der Waals surface area contributed by atoms with Crippen LogP contribution in [0.5, 0.6) is 0 Å². The van der Waals surface area contributed by atoms with Crippen molar-refractivity contribution in [3.63, 3.8) is 0 Å². The van der Waals surface area contributed by atoms with Crippen molar-refractivity contribution < 1.29 is 4.79 Å². The van der Waals surface area contributed by atoms with Crippen molar-refractivity contribution in [1.82, 2.24) is 9.80 Å². The van der Waals surface area contributed by atoms with Gasteiger partial charge < -0.3 is 4.90 Å². The molecule has 1 aromatic carbocycles. The Balaban J connectivity index is 1.32. The number of carbonyl (C=O) groups is 1. The highest BCUT2D eigenvalue weighted by atomic mass is 16.2. The summed E-state index contributed by atoms with van der Waals surface area (Å²) in [5.41, 5.74) is 1.37. The largest absolute Gasteiger partial charge is 0.340 e. The molecule has 1 aliphatic carbocycles. The maximum atomic E-state index is 12.4. The molecule has 0 atom stereocenters. The van der Waals surface area contributed by atoms with Crippen molar-refractivity contribution in [2.45, 2.75) is 57.9 Å². The van der Waals surface area contributed by atoms with Gasteiger partial charge in [-0.05, 0) is 24.3 Å². The smallest absolute Gasteiger partial charge is 0.222 e. The minimum absolute atomic E-state index is 0.380. The molecular weight excluding hydrogens is 296 g/mol. The number of benzene rings is 1. The zero-order chi connectivity index (χ0) is 16.6. The molecule has 2 fully saturated rings. The first kappa shape index (κ1) is 17.5. The summed E-state index contributed by atoms with van der Waals surface area (Å²) in [6, 6.07) is 10.6. The van der Waals surface area contributed by atoms with E-state index >= 15 is 0 Å². The monoisotopic (exact) mass is 328 g/mol. The van der Waals surface area contributed by atoms with Gasteiger partial charge in [0.05, 0.1) is 0 Å². The molecule has 2 aliphatic rings. The van der Waals surface area contributed by atoms with E-state index in [1.54, 1.807) is 0 Å². The first-order valence-electron chi connectivity index (χ1n) is 9.85. The lowest BCUT2D eigenvalue weighted by atomic mass is 9.86. The van der Waals surface area contributed by atoms with Gasteiger partial charge in [0.15, 0.2) is 0 Å². The number of hydrogen-bond acceptors (Lipinski definition) is 2. The number of nitrogens with zero attached hydrogens (tertiary/aromatic N) is 2. The fraction of sp³-hybridized carbons (Fsp3) is 0.667. The SMILES string of the molecule is O=C(CCCC1CCCCC1)N1CCN(Cc2ccccc2)CC1. The highest BCUT2D eigenvalue weighted by Crippen LogP contribution is 2.27. The Morgan fingerprint density at radius 2 is 1.67 bits per heavy atom. The van der Waals surface area contributed by atoms with E-state index in [0.29, 0.717) is 5.91 Å². The fourth-order valence-corrected chi connectivity index (χ4v) is 4.17. The number of carbonyl (C=O) groups excluding carboxylic acids is 1. The van der Waals surface area contributed by atoms with Crippen LogP contribution in [0.2, 0.25) is 0 Å². The van der Waals surface area contributed by atoms with Crippen molar-refractivity contribution in [3.8, 4) is 0 Å². The molecule has 0 unspecified atom stereocenters. The second kappa shape index (κ2) is 9.22. The van der Waals surface area contributed by atoms with E-state index in [-0.39, 0.29) is 0 Å². The molecule has 0 bridgehead atoms. The zero-order valence-corrected chi connectivity index (χ0v) is 15.0. The quantitative estimate of drug-likeness (QED) is 0.785. The molecule has 24 heavy (non-hydrogen) atoms. The van der Waals surface area contributed by atoms with Crippen LogP contribution in [0.25, 0.3) is 0 Å². The predicted molar refractivity (Wildman–Crippen MR) is 98.7 cm³/mol. The van der Waals surface area contributed by atoms with Gasteiger partial charge in [-0.1, -0.05) is 62.4 Å². The van der Waals surface area contributed by atoms with E-state index in [2.05, 4.69) is 40.1 Å². The lowest BCUT2D eigenvalue weighted by molar-refractivity contribution is -0.133. The maximum absolute atomic E-state index is 12.4. The van der Waals surface area contributed by atoms with Crippen LogP contribution in [0.3, 0.4) is 0 Å². The highest BCUT2D eigenvalue weighted by Gasteiger charge is 2.21. The van der Waals surface area contributed by atoms with Crippen LogP contribution >= 0.6 is 0 Å². The van der Waals surface area contributed by atoms with Gasteiger partial charge in [-0.15, -0.1) is 0 Å². The van der Waals surface area contributed by atoms with Crippen LogP contribution in [0.4, 0.5) is 0 Å². The Hall–Kier alpha value is -1.35. The third-order valence-electron chi connectivity index (χ3n) is 5.70. The third kappa shape index (κ3) is 5.34. The van der Waals surface area contributed by atoms with Crippen molar-refractivity contribution in [2.75, 3.05) is 26.2 Å². The van der Waals surface area contributed by atoms with E-state index < -0.39 is 0 Å². The third-order valence-corrected chi connectivity index (χ3v) is 5.70. The van der Waals surface area contributed by atoms with Crippen LogP contribution in [0, 0.1) is 5.92 Å². The number of piperazine rings is 1. The Morgan fingerprint density at radius 1 is 0.958 bits per heavy atom. The standard InChI is InChI=1S/C21H32N2O/c24-21(13-7-12-19-8-3-1-4-9-19)23-16-14-22(15-17-23)18-20-10-5-2-6-11-20/h2,5-6,10-11,19H,1,3-4,7-9,12-18H2. The van der Waals surface area contributed by atoms with E-state index in [4.69, 9.17) is 0 Å². The summed E-state index contributed by atoms with van der Waals surface area (Å²) in [5, 5.41) is 0. The summed E-state index contributed by atoms with van der Waals surface area (Å²) >= 11 is 0. The van der Waals surface area contributed by atoms with Crippen LogP contribution in [-0.4, -0.2) is 41.9 Å². The summed E-state index contributed by atoms with van der Waals surface area (Å²) in [5.74, 6) is 1.28. The average molecular weight is 329 g/mol. The van der Waals surface area contributed by atoms with Gasteiger partial charge in [-0.25, -0.2) is 0 Å². The Labute approximate surface area is 147 Å². The second-order valence-electron chi connectivity index (χ2n) is 7.54. The summed E-state index contributed by atoms with van der Waals surface area (Å²) < 4.78 is 0. The number of amides is 1. The van der Waals surface area contributed by atoms with Crippen LogP contribution in [0.1, 0.15) is 56.9 Å². The first-order valence-corrected chi connectivity index (χ1v) is 9.85. The fourth-order valence-electron chi connectivity index (χ4n) is 4.17. The molecule has 1 heterocycles. The van der Waals surface area contributed by atoms with Crippen LogP contribution in [0.15, 0.2) is 30.3 Å². The minimum Gasteiger partial charge on any atom is -0.340 e. The van der Waals surface area contributed by atoms with Gasteiger partial charge in [0.2, 0.25) is 5.91 Å². The molecule has 1 aliphatic heterocycles. The van der Waals surface area contributed by atoms with E-state index in [9.17, 15) is 4.79 Å². The van der Waals surface area contributed by atoms with Crippen molar-refractivity contribution in [1.29, 1.82) is 0 Å². The highest BCUT2D eigenvalue weighted by molar-refractivity contribution is 5.76. The zero-order valence-electron chi connectivity index (χ0n) is 15.0. The van der Waals surface area contributed by atoms with Gasteiger partial charge in [0.25, 0.3) is 0 Å². The van der Waals surface area contributed by atoms with Crippen molar-refractivity contribution in [2.24, 2.45) is 5.92 Å². The molecule has 132 valence electrons. The van der Waals surface area contributed by atoms with Crippen molar-refractivity contribution >= 4 is 5.91 Å². The second-order valence-corrected chi connectivity index (χ2v) is 7.54. The van der Waals surface area contributed by atoms with Crippen LogP contribution in [-0.2, 0) is 11.3 Å². The summed E-state index contributed by atoms with van der Waals surface area (Å²) in [6.07, 6.45) is 10.1. The lowest BCUT2D eigenvalue weighted by Crippen LogP contribution is -2.48. The van der Waals surface area contributed by atoms with Gasteiger partial charge in [0.1, 0.15) is 0 Å². The molecule has 3 nitrogen and oxygen atoms in total. The van der Waals surface area contributed by atoms with Crippen LogP contribution < -0.4 is 0 Å². The van der Waals surface area contributed by atoms with Crippen molar-refractivity contribution in [3.05, 3.63) is 35.9 Å². The molecule has 1 saturated heterocycles. The topological polar surface area (TPSA) is 23.6 Å². The normalized spacial score (nSPS) is 20.2. The van der Waals surface area contributed by atoms with E-state index in [1.807, 2.05) is 0 Å². The summed E-state index contributed by atoms with van der Waals surface area (Å²) in [6.45, 7) is 4.81. The van der Waals surface area contributed by atoms with E-state index in [0.717, 1.165) is 51.5 Å². The number of rotatable bonds is 6. The Bertz CT molecular complexity index is 488. The van der Waals surface area contributed by atoms with Gasteiger partial charge in [0, 0.05) is 39.1 Å². The Kier molecular flexibility index (Phi) is 6.71. The van der Waals surface area contributed by atoms with E-state index in [1.165, 1.54) is 44.1 Å². The molecular formula is C21H32N2O. The maximum Gasteiger partial charge on any atom is 0.222 e. The first-order chi connectivity index (χ1) is 11.8. The minimum atomic E-state index is 0.380. The molecule has 0 aromatic heterocycles. The Morgan fingerprint density at radius 3 is 2.38 bits per heavy atom. The molecule has 3 rings (SSSR count). The number of hydrogen-bond donors (Lipinski definition) is 0. The molecule has 3 heteroatoms. The van der Waals surface area contributed by atoms with Gasteiger partial charge >= 0.3 is 0 Å². The van der Waals surface area contributed by atoms with Gasteiger partial charge in [-0.3, -0.25) is 9.69 Å². The molecule has 0 radical (unpaired) electrons. The average Bonchev–Trinajstić information content (AvgIpc) is 2.64. The molecule has 1 amide bonds. The summed E-state index contributed by atoms with van der Waals surface area (Å²) in [4.78, 5) is 17.0. The molecule has 1 aromatic rings. The predicted octanol–water partition coefficient (Wildman–Crippen LogP) is 4.08. The molecule has 0 spiro atoms. The molecule has 0 N–H and O–H groups in total. The lowest BCUT2D eigenvalue weighted by Gasteiger charge is -2.35.